The fourth-order valence-electron chi connectivity index (χ4n) is 1.08. The molecule has 0 aromatic heterocycles. The van der Waals surface area contributed by atoms with Gasteiger partial charge in [-0.05, 0) is 41.9 Å². The van der Waals surface area contributed by atoms with E-state index < -0.39 is 6.09 Å². The second kappa shape index (κ2) is 5.75. The Hall–Kier alpha value is -1.23. The summed E-state index contributed by atoms with van der Waals surface area (Å²) in [5.41, 5.74) is 0.616. The number of benzene rings is 1. The van der Waals surface area contributed by atoms with Gasteiger partial charge in [-0.2, -0.15) is 0 Å². The first kappa shape index (κ1) is 12.8. The first-order valence-corrected chi connectivity index (χ1v) is 5.63. The summed E-state index contributed by atoms with van der Waals surface area (Å²) in [6, 6.07) is 5.30. The molecule has 88 valence electrons. The van der Waals surface area contributed by atoms with Crippen LogP contribution in [0, 0.1) is 0 Å². The summed E-state index contributed by atoms with van der Waals surface area (Å²) in [5, 5.41) is 2.63. The summed E-state index contributed by atoms with van der Waals surface area (Å²) >= 11 is 3.33. The van der Waals surface area contributed by atoms with Gasteiger partial charge in [0.1, 0.15) is 5.75 Å². The molecule has 1 N–H and O–H groups in total. The molecule has 0 aliphatic heterocycles. The number of hydrogen-bond acceptors (Lipinski definition) is 3. The van der Waals surface area contributed by atoms with Crippen LogP contribution in [0.2, 0.25) is 0 Å². The molecule has 0 bridgehead atoms. The average molecular weight is 288 g/mol. The van der Waals surface area contributed by atoms with Crippen molar-refractivity contribution in [3.05, 3.63) is 22.7 Å². The molecule has 0 saturated carbocycles. The van der Waals surface area contributed by atoms with Crippen molar-refractivity contribution >= 4 is 27.7 Å². The molecule has 0 saturated heterocycles. The number of ether oxygens (including phenoxy) is 2. The zero-order chi connectivity index (χ0) is 12.1. The smallest absolute Gasteiger partial charge is 0.411 e. The summed E-state index contributed by atoms with van der Waals surface area (Å²) in [5.74, 6) is 0.669. The van der Waals surface area contributed by atoms with Gasteiger partial charge >= 0.3 is 6.09 Å². The van der Waals surface area contributed by atoms with Crippen LogP contribution in [0.4, 0.5) is 10.5 Å². The van der Waals surface area contributed by atoms with Gasteiger partial charge in [0.25, 0.3) is 0 Å². The minimum absolute atomic E-state index is 0.149. The van der Waals surface area contributed by atoms with Gasteiger partial charge in [0.2, 0.25) is 0 Å². The van der Waals surface area contributed by atoms with E-state index in [-0.39, 0.29) is 6.10 Å². The lowest BCUT2D eigenvalue weighted by Crippen LogP contribution is -2.18. The van der Waals surface area contributed by atoms with E-state index >= 15 is 0 Å². The van der Waals surface area contributed by atoms with Crippen molar-refractivity contribution in [1.82, 2.24) is 0 Å². The van der Waals surface area contributed by atoms with E-state index in [1.165, 1.54) is 0 Å². The highest BCUT2D eigenvalue weighted by atomic mass is 79.9. The van der Waals surface area contributed by atoms with Crippen LogP contribution in [0.15, 0.2) is 22.7 Å². The van der Waals surface area contributed by atoms with Crippen molar-refractivity contribution in [2.75, 3.05) is 12.4 Å². The molecule has 0 fully saturated rings. The van der Waals surface area contributed by atoms with Crippen LogP contribution in [0.3, 0.4) is 0 Å². The lowest BCUT2D eigenvalue weighted by molar-refractivity contribution is 0.130. The number of amides is 1. The number of anilines is 1. The second-order valence-electron chi connectivity index (χ2n) is 3.42. The molecular weight excluding hydrogens is 274 g/mol. The molecule has 1 aromatic rings. The Bertz CT molecular complexity index is 379. The Labute approximate surface area is 103 Å². The number of halogens is 1. The summed E-state index contributed by atoms with van der Waals surface area (Å²) < 4.78 is 10.8. The standard InChI is InChI=1S/C11H14BrNO3/c1-7(2)16-11(14)13-10-6-8(15-3)4-5-9(10)12/h4-7H,1-3H3,(H,13,14). The maximum Gasteiger partial charge on any atom is 0.411 e. The first-order chi connectivity index (χ1) is 7.52. The average Bonchev–Trinajstić information content (AvgIpc) is 2.20. The van der Waals surface area contributed by atoms with E-state index in [0.717, 1.165) is 4.47 Å². The molecule has 0 aliphatic rings. The minimum atomic E-state index is -0.482. The molecule has 0 aliphatic carbocycles. The van der Waals surface area contributed by atoms with Crippen molar-refractivity contribution < 1.29 is 14.3 Å². The lowest BCUT2D eigenvalue weighted by atomic mass is 10.3. The lowest BCUT2D eigenvalue weighted by Gasteiger charge is -2.11. The number of rotatable bonds is 3. The predicted molar refractivity (Wildman–Crippen MR) is 65.9 cm³/mol. The maximum absolute atomic E-state index is 11.4. The van der Waals surface area contributed by atoms with E-state index in [0.29, 0.717) is 11.4 Å². The van der Waals surface area contributed by atoms with Gasteiger partial charge in [-0.3, -0.25) is 5.32 Å². The third kappa shape index (κ3) is 3.73. The minimum Gasteiger partial charge on any atom is -0.497 e. The van der Waals surface area contributed by atoms with E-state index in [4.69, 9.17) is 9.47 Å². The van der Waals surface area contributed by atoms with Crippen LogP contribution in [0.5, 0.6) is 5.75 Å². The van der Waals surface area contributed by atoms with Crippen molar-refractivity contribution in [2.45, 2.75) is 20.0 Å². The molecule has 1 aromatic carbocycles. The van der Waals surface area contributed by atoms with Crippen molar-refractivity contribution in [3.63, 3.8) is 0 Å². The van der Waals surface area contributed by atoms with Gasteiger partial charge in [0.05, 0.1) is 18.9 Å². The highest BCUT2D eigenvalue weighted by Gasteiger charge is 2.08. The third-order valence-corrected chi connectivity index (χ3v) is 2.44. The van der Waals surface area contributed by atoms with E-state index in [1.54, 1.807) is 39.2 Å². The van der Waals surface area contributed by atoms with Crippen molar-refractivity contribution in [3.8, 4) is 5.75 Å². The molecule has 0 unspecified atom stereocenters. The molecule has 0 atom stereocenters. The Morgan fingerprint density at radius 2 is 2.12 bits per heavy atom. The summed E-state index contributed by atoms with van der Waals surface area (Å²) in [7, 11) is 1.57. The Balaban J connectivity index is 2.75. The van der Waals surface area contributed by atoms with Crippen LogP contribution in [0.25, 0.3) is 0 Å². The molecule has 1 rings (SSSR count). The number of carbonyl (C=O) groups excluding carboxylic acids is 1. The molecule has 16 heavy (non-hydrogen) atoms. The Morgan fingerprint density at radius 1 is 1.44 bits per heavy atom. The van der Waals surface area contributed by atoms with Crippen molar-refractivity contribution in [1.29, 1.82) is 0 Å². The summed E-state index contributed by atoms with van der Waals surface area (Å²) in [4.78, 5) is 11.4. The van der Waals surface area contributed by atoms with E-state index in [2.05, 4.69) is 21.2 Å². The number of methoxy groups -OCH3 is 1. The predicted octanol–water partition coefficient (Wildman–Crippen LogP) is 3.41. The SMILES string of the molecule is COc1ccc(Br)c(NC(=O)OC(C)C)c1. The van der Waals surface area contributed by atoms with Gasteiger partial charge < -0.3 is 9.47 Å². The number of nitrogens with one attached hydrogen (secondary N) is 1. The van der Waals surface area contributed by atoms with Crippen LogP contribution in [-0.2, 0) is 4.74 Å². The first-order valence-electron chi connectivity index (χ1n) is 4.84. The van der Waals surface area contributed by atoms with E-state index in [9.17, 15) is 4.79 Å². The van der Waals surface area contributed by atoms with Crippen LogP contribution < -0.4 is 10.1 Å². The van der Waals surface area contributed by atoms with Gasteiger partial charge in [0.15, 0.2) is 0 Å². The molecule has 4 nitrogen and oxygen atoms in total. The molecule has 5 heteroatoms. The largest absolute Gasteiger partial charge is 0.497 e. The van der Waals surface area contributed by atoms with E-state index in [1.807, 2.05) is 0 Å². The number of carbonyl (C=O) groups is 1. The highest BCUT2D eigenvalue weighted by Crippen LogP contribution is 2.27. The van der Waals surface area contributed by atoms with Gasteiger partial charge in [0, 0.05) is 10.5 Å². The highest BCUT2D eigenvalue weighted by molar-refractivity contribution is 9.10. The second-order valence-corrected chi connectivity index (χ2v) is 4.28. The maximum atomic E-state index is 11.4. The molecule has 0 spiro atoms. The quantitative estimate of drug-likeness (QED) is 0.927. The van der Waals surface area contributed by atoms with Gasteiger partial charge in [-0.15, -0.1) is 0 Å². The third-order valence-electron chi connectivity index (χ3n) is 1.75. The topological polar surface area (TPSA) is 47.6 Å². The normalized spacial score (nSPS) is 10.1. The molecule has 0 radical (unpaired) electrons. The van der Waals surface area contributed by atoms with Gasteiger partial charge in [-0.1, -0.05) is 0 Å². The fraction of sp³-hybridized carbons (Fsp3) is 0.364. The summed E-state index contributed by atoms with van der Waals surface area (Å²) in [6.07, 6.45) is -0.631. The van der Waals surface area contributed by atoms with Crippen molar-refractivity contribution in [2.24, 2.45) is 0 Å². The zero-order valence-corrected chi connectivity index (χ0v) is 11.0. The summed E-state index contributed by atoms with van der Waals surface area (Å²) in [6.45, 7) is 3.58. The fourth-order valence-corrected chi connectivity index (χ4v) is 1.43. The Kier molecular flexibility index (Phi) is 4.61. The monoisotopic (exact) mass is 287 g/mol. The molecule has 1 amide bonds. The van der Waals surface area contributed by atoms with Gasteiger partial charge in [-0.25, -0.2) is 4.79 Å². The molecule has 0 heterocycles. The van der Waals surface area contributed by atoms with Crippen LogP contribution >= 0.6 is 15.9 Å². The van der Waals surface area contributed by atoms with Crippen LogP contribution in [-0.4, -0.2) is 19.3 Å². The molecular formula is C11H14BrNO3. The zero-order valence-electron chi connectivity index (χ0n) is 9.41. The number of hydrogen-bond donors (Lipinski definition) is 1. The Morgan fingerprint density at radius 3 is 2.69 bits per heavy atom. The van der Waals surface area contributed by atoms with Crippen LogP contribution in [0.1, 0.15) is 13.8 Å².